The van der Waals surface area contributed by atoms with Gasteiger partial charge in [-0.25, -0.2) is 4.98 Å². The van der Waals surface area contributed by atoms with Gasteiger partial charge < -0.3 is 10.5 Å². The Bertz CT molecular complexity index is 492. The van der Waals surface area contributed by atoms with Crippen LogP contribution in [0.15, 0.2) is 30.6 Å². The molecule has 0 saturated heterocycles. The van der Waals surface area contributed by atoms with E-state index in [0.29, 0.717) is 13.0 Å². The number of aryl methyl sites for hydroxylation is 1. The van der Waals surface area contributed by atoms with E-state index in [-0.39, 0.29) is 6.04 Å². The summed E-state index contributed by atoms with van der Waals surface area (Å²) in [6, 6.07) is 7.78. The van der Waals surface area contributed by atoms with Gasteiger partial charge in [-0.1, -0.05) is 12.1 Å². The van der Waals surface area contributed by atoms with Crippen molar-refractivity contribution in [2.75, 3.05) is 6.61 Å². The Morgan fingerprint density at radius 3 is 2.61 bits per heavy atom. The molecule has 0 aliphatic rings. The Morgan fingerprint density at radius 1 is 1.33 bits per heavy atom. The molecular formula is C13H18N4O. The average molecular weight is 246 g/mol. The molecule has 0 aliphatic heterocycles. The van der Waals surface area contributed by atoms with E-state index in [1.807, 2.05) is 38.2 Å². The van der Waals surface area contributed by atoms with Crippen LogP contribution < -0.4 is 10.5 Å². The molecule has 2 rings (SSSR count). The van der Waals surface area contributed by atoms with Crippen LogP contribution in [0.5, 0.6) is 5.75 Å². The lowest BCUT2D eigenvalue weighted by Crippen LogP contribution is -2.16. The first-order valence-corrected chi connectivity index (χ1v) is 6.02. The largest absolute Gasteiger partial charge is 0.494 e. The zero-order valence-corrected chi connectivity index (χ0v) is 10.7. The van der Waals surface area contributed by atoms with Gasteiger partial charge >= 0.3 is 0 Å². The van der Waals surface area contributed by atoms with E-state index >= 15 is 0 Å². The Labute approximate surface area is 107 Å². The minimum atomic E-state index is -0.0800. The van der Waals surface area contributed by atoms with Crippen molar-refractivity contribution in [2.24, 2.45) is 12.8 Å². The molecule has 5 nitrogen and oxygen atoms in total. The fourth-order valence-corrected chi connectivity index (χ4v) is 1.80. The lowest BCUT2D eigenvalue weighted by molar-refractivity contribution is 0.340. The molecular weight excluding hydrogens is 228 g/mol. The summed E-state index contributed by atoms with van der Waals surface area (Å²) in [6.45, 7) is 2.64. The predicted molar refractivity (Wildman–Crippen MR) is 69.2 cm³/mol. The maximum Gasteiger partial charge on any atom is 0.138 e. The Morgan fingerprint density at radius 2 is 2.06 bits per heavy atom. The molecule has 1 aromatic heterocycles. The highest BCUT2D eigenvalue weighted by Gasteiger charge is 2.10. The van der Waals surface area contributed by atoms with Crippen LogP contribution in [-0.4, -0.2) is 21.4 Å². The summed E-state index contributed by atoms with van der Waals surface area (Å²) < 4.78 is 7.14. The van der Waals surface area contributed by atoms with E-state index in [1.54, 1.807) is 11.0 Å². The molecule has 2 N–H and O–H groups in total. The highest BCUT2D eigenvalue weighted by atomic mass is 16.5. The minimum absolute atomic E-state index is 0.0800. The maximum absolute atomic E-state index is 6.16. The molecule has 0 radical (unpaired) electrons. The number of nitrogens with two attached hydrogens (primary N) is 1. The van der Waals surface area contributed by atoms with Gasteiger partial charge in [0.15, 0.2) is 0 Å². The Kier molecular flexibility index (Phi) is 3.94. The van der Waals surface area contributed by atoms with E-state index < -0.39 is 0 Å². The summed E-state index contributed by atoms with van der Waals surface area (Å²) in [5.41, 5.74) is 7.23. The van der Waals surface area contributed by atoms with Gasteiger partial charge in [0.2, 0.25) is 0 Å². The number of benzene rings is 1. The Hall–Kier alpha value is -1.88. The summed E-state index contributed by atoms with van der Waals surface area (Å²) in [7, 11) is 1.87. The molecule has 0 amide bonds. The second kappa shape index (κ2) is 5.64. The first-order valence-electron chi connectivity index (χ1n) is 6.02. The van der Waals surface area contributed by atoms with Crippen LogP contribution in [0.1, 0.15) is 24.4 Å². The second-order valence-electron chi connectivity index (χ2n) is 4.11. The van der Waals surface area contributed by atoms with Gasteiger partial charge in [0.1, 0.15) is 17.9 Å². The molecule has 18 heavy (non-hydrogen) atoms. The lowest BCUT2D eigenvalue weighted by Gasteiger charge is -2.12. The van der Waals surface area contributed by atoms with Crippen LogP contribution in [0.3, 0.4) is 0 Å². The van der Waals surface area contributed by atoms with Gasteiger partial charge in [0, 0.05) is 19.5 Å². The first kappa shape index (κ1) is 12.6. The second-order valence-corrected chi connectivity index (χ2v) is 4.11. The van der Waals surface area contributed by atoms with Crippen molar-refractivity contribution in [2.45, 2.75) is 19.4 Å². The topological polar surface area (TPSA) is 66.0 Å². The summed E-state index contributed by atoms with van der Waals surface area (Å²) in [5.74, 6) is 1.75. The summed E-state index contributed by atoms with van der Waals surface area (Å²) in [4.78, 5) is 4.18. The van der Waals surface area contributed by atoms with Crippen LogP contribution in [0.4, 0.5) is 0 Å². The highest BCUT2D eigenvalue weighted by molar-refractivity contribution is 5.29. The molecule has 1 heterocycles. The Balaban J connectivity index is 2.04. The third-order valence-electron chi connectivity index (χ3n) is 2.83. The van der Waals surface area contributed by atoms with Crippen molar-refractivity contribution in [3.8, 4) is 5.75 Å². The van der Waals surface area contributed by atoms with Crippen LogP contribution in [0.25, 0.3) is 0 Å². The van der Waals surface area contributed by atoms with Gasteiger partial charge in [-0.15, -0.1) is 0 Å². The molecule has 0 spiro atoms. The number of hydrogen-bond acceptors (Lipinski definition) is 4. The summed E-state index contributed by atoms with van der Waals surface area (Å²) >= 11 is 0. The van der Waals surface area contributed by atoms with Crippen LogP contribution in [-0.2, 0) is 13.5 Å². The van der Waals surface area contributed by atoms with Gasteiger partial charge in [-0.2, -0.15) is 5.10 Å². The molecule has 0 bridgehead atoms. The van der Waals surface area contributed by atoms with E-state index in [2.05, 4.69) is 10.1 Å². The molecule has 0 fully saturated rings. The molecule has 1 unspecified atom stereocenters. The smallest absolute Gasteiger partial charge is 0.138 e. The summed E-state index contributed by atoms with van der Waals surface area (Å²) in [6.07, 6.45) is 2.21. The lowest BCUT2D eigenvalue weighted by atomic mass is 10.0. The van der Waals surface area contributed by atoms with Crippen molar-refractivity contribution in [1.29, 1.82) is 0 Å². The number of rotatable bonds is 5. The first-order chi connectivity index (χ1) is 8.70. The van der Waals surface area contributed by atoms with E-state index in [1.165, 1.54) is 0 Å². The molecule has 5 heteroatoms. The monoisotopic (exact) mass is 246 g/mol. The van der Waals surface area contributed by atoms with Gasteiger partial charge in [0.25, 0.3) is 0 Å². The zero-order valence-electron chi connectivity index (χ0n) is 10.7. The van der Waals surface area contributed by atoms with Crippen LogP contribution in [0, 0.1) is 0 Å². The zero-order chi connectivity index (χ0) is 13.0. The van der Waals surface area contributed by atoms with E-state index in [4.69, 9.17) is 10.5 Å². The van der Waals surface area contributed by atoms with Gasteiger partial charge in [-0.05, 0) is 24.6 Å². The highest BCUT2D eigenvalue weighted by Crippen LogP contribution is 2.18. The molecule has 2 aromatic rings. The maximum atomic E-state index is 6.16. The predicted octanol–water partition coefficient (Wildman–Crippen LogP) is 1.46. The van der Waals surface area contributed by atoms with Crippen molar-refractivity contribution < 1.29 is 4.74 Å². The molecule has 0 aliphatic carbocycles. The van der Waals surface area contributed by atoms with Crippen LogP contribution in [0.2, 0.25) is 0 Å². The van der Waals surface area contributed by atoms with E-state index in [0.717, 1.165) is 17.1 Å². The standard InChI is InChI=1S/C13H18N4O/c1-3-18-11-6-4-10(5-7-11)12(14)8-13-15-9-16-17(13)2/h4-7,9,12H,3,8,14H2,1-2H3. The van der Waals surface area contributed by atoms with Gasteiger partial charge in [0.05, 0.1) is 6.61 Å². The summed E-state index contributed by atoms with van der Waals surface area (Å²) in [5, 5.41) is 4.03. The van der Waals surface area contributed by atoms with Crippen molar-refractivity contribution >= 4 is 0 Å². The van der Waals surface area contributed by atoms with Crippen molar-refractivity contribution in [3.05, 3.63) is 42.0 Å². The third kappa shape index (κ3) is 2.87. The van der Waals surface area contributed by atoms with Crippen molar-refractivity contribution in [1.82, 2.24) is 14.8 Å². The van der Waals surface area contributed by atoms with Gasteiger partial charge in [-0.3, -0.25) is 4.68 Å². The number of aromatic nitrogens is 3. The normalized spacial score (nSPS) is 12.4. The fraction of sp³-hybridized carbons (Fsp3) is 0.385. The fourth-order valence-electron chi connectivity index (χ4n) is 1.80. The minimum Gasteiger partial charge on any atom is -0.494 e. The van der Waals surface area contributed by atoms with Crippen molar-refractivity contribution in [3.63, 3.8) is 0 Å². The average Bonchev–Trinajstić information content (AvgIpc) is 2.76. The van der Waals surface area contributed by atoms with Crippen LogP contribution >= 0.6 is 0 Å². The number of ether oxygens (including phenoxy) is 1. The molecule has 96 valence electrons. The molecule has 1 aromatic carbocycles. The quantitative estimate of drug-likeness (QED) is 0.867. The number of hydrogen-bond donors (Lipinski definition) is 1. The third-order valence-corrected chi connectivity index (χ3v) is 2.83. The SMILES string of the molecule is CCOc1ccc(C(N)Cc2ncnn2C)cc1. The molecule has 1 atom stereocenters. The number of nitrogens with zero attached hydrogens (tertiary/aromatic N) is 3. The van der Waals surface area contributed by atoms with E-state index in [9.17, 15) is 0 Å². The molecule has 0 saturated carbocycles.